The van der Waals surface area contributed by atoms with Crippen LogP contribution in [0.2, 0.25) is 0 Å². The molecule has 0 fully saturated rings. The summed E-state index contributed by atoms with van der Waals surface area (Å²) < 4.78 is -0.0625. The van der Waals surface area contributed by atoms with E-state index in [2.05, 4.69) is 0 Å². The summed E-state index contributed by atoms with van der Waals surface area (Å²) in [4.78, 5) is 12.4. The number of hydrogen-bond acceptors (Lipinski definition) is 2. The summed E-state index contributed by atoms with van der Waals surface area (Å²) in [7, 11) is 6.71. The Morgan fingerprint density at radius 2 is 1.78 bits per heavy atom. The van der Waals surface area contributed by atoms with Crippen molar-refractivity contribution in [3.05, 3.63) is 0 Å². The Bertz CT molecular complexity index is 117. The minimum Gasteiger partial charge on any atom is -0.484 e. The van der Waals surface area contributed by atoms with Gasteiger partial charge in [-0.15, -0.1) is 0 Å². The van der Waals surface area contributed by atoms with E-state index >= 15 is 0 Å². The maximum Gasteiger partial charge on any atom is 0.400 e. The summed E-state index contributed by atoms with van der Waals surface area (Å²) in [6, 6.07) is -0.0787. The van der Waals surface area contributed by atoms with Gasteiger partial charge in [-0.05, 0) is 0 Å². The van der Waals surface area contributed by atoms with E-state index < -0.39 is 0 Å². The Labute approximate surface area is 61.4 Å². The van der Waals surface area contributed by atoms with Crippen LogP contribution in [-0.4, -0.2) is 43.0 Å². The number of hydrogen-bond donors (Lipinski definition) is 0. The average Bonchev–Trinajstić information content (AvgIpc) is 1.62. The molecular formula is C5H12N2OS. The summed E-state index contributed by atoms with van der Waals surface area (Å²) in [6.45, 7) is 0. The largest absolute Gasteiger partial charge is 0.484 e. The van der Waals surface area contributed by atoms with Crippen LogP contribution in [0.3, 0.4) is 0 Å². The zero-order valence-electron chi connectivity index (χ0n) is 6.21. The third-order valence-corrected chi connectivity index (χ3v) is 0.999. The summed E-state index contributed by atoms with van der Waals surface area (Å²) in [5, 5.41) is 0. The fourth-order valence-electron chi connectivity index (χ4n) is 0.482. The first-order valence-electron chi connectivity index (χ1n) is 2.62. The van der Waals surface area contributed by atoms with Crippen molar-refractivity contribution < 1.29 is 8.68 Å². The Kier molecular flexibility index (Phi) is 2.51. The van der Waals surface area contributed by atoms with Gasteiger partial charge in [-0.1, -0.05) is 0 Å². The van der Waals surface area contributed by atoms with E-state index in [9.17, 15) is 4.79 Å². The second-order valence-corrected chi connectivity index (χ2v) is 3.44. The Balaban J connectivity index is 4.06. The standard InChI is InChI=1S/C5H12N2OS/c1-6(2)5(8)7(3,4)9/h1-4H3. The molecule has 0 bridgehead atoms. The van der Waals surface area contributed by atoms with Crippen LogP contribution in [-0.2, 0) is 12.8 Å². The molecule has 0 aliphatic rings. The van der Waals surface area contributed by atoms with E-state index in [-0.39, 0.29) is 9.92 Å². The van der Waals surface area contributed by atoms with Crippen molar-refractivity contribution in [2.24, 2.45) is 0 Å². The molecule has 0 rings (SSSR count). The summed E-state index contributed by atoms with van der Waals surface area (Å²) in [6.07, 6.45) is 0. The lowest BCUT2D eigenvalue weighted by atomic mass is 10.7. The van der Waals surface area contributed by atoms with Crippen molar-refractivity contribution in [1.82, 2.24) is 4.90 Å². The van der Waals surface area contributed by atoms with Gasteiger partial charge in [0.25, 0.3) is 0 Å². The van der Waals surface area contributed by atoms with Crippen molar-refractivity contribution in [3.8, 4) is 0 Å². The van der Waals surface area contributed by atoms with Crippen LogP contribution >= 0.6 is 0 Å². The lowest BCUT2D eigenvalue weighted by Crippen LogP contribution is -2.46. The molecule has 0 saturated heterocycles. The summed E-state index contributed by atoms with van der Waals surface area (Å²) in [5.41, 5.74) is 0. The molecule has 0 heterocycles. The minimum atomic E-state index is -0.0787. The number of carbonyl (C=O) groups excluding carboxylic acids is 1. The van der Waals surface area contributed by atoms with Crippen molar-refractivity contribution in [2.75, 3.05) is 28.2 Å². The second-order valence-electron chi connectivity index (χ2n) is 2.53. The van der Waals surface area contributed by atoms with E-state index in [1.807, 2.05) is 0 Å². The highest BCUT2D eigenvalue weighted by Gasteiger charge is 2.15. The van der Waals surface area contributed by atoms with Crippen LogP contribution in [0.25, 0.3) is 0 Å². The van der Waals surface area contributed by atoms with Gasteiger partial charge in [-0.3, -0.25) is 4.90 Å². The fourth-order valence-corrected chi connectivity index (χ4v) is 0.645. The number of quaternary nitrogens is 1. The maximum atomic E-state index is 11.0. The molecule has 0 aromatic heterocycles. The van der Waals surface area contributed by atoms with E-state index in [1.165, 1.54) is 4.90 Å². The Morgan fingerprint density at radius 3 is 1.78 bits per heavy atom. The zero-order valence-corrected chi connectivity index (χ0v) is 7.03. The maximum absolute atomic E-state index is 11.0. The average molecular weight is 148 g/mol. The first kappa shape index (κ1) is 8.78. The molecule has 3 nitrogen and oxygen atoms in total. The first-order valence-corrected chi connectivity index (χ1v) is 2.99. The Morgan fingerprint density at radius 1 is 1.44 bits per heavy atom. The van der Waals surface area contributed by atoms with Crippen molar-refractivity contribution in [2.45, 2.75) is 0 Å². The van der Waals surface area contributed by atoms with Crippen LogP contribution in [0.4, 0.5) is 4.79 Å². The van der Waals surface area contributed by atoms with E-state index in [4.69, 9.17) is 12.8 Å². The molecule has 0 spiro atoms. The molecule has 0 saturated carbocycles. The normalized spacial score (nSPS) is 11.2. The highest BCUT2D eigenvalue weighted by molar-refractivity contribution is 7.52. The van der Waals surface area contributed by atoms with Gasteiger partial charge in [-0.25, -0.2) is 4.79 Å². The smallest absolute Gasteiger partial charge is 0.400 e. The van der Waals surface area contributed by atoms with E-state index in [1.54, 1.807) is 28.2 Å². The van der Waals surface area contributed by atoms with Crippen LogP contribution in [0.15, 0.2) is 0 Å². The molecule has 0 N–H and O–H groups in total. The van der Waals surface area contributed by atoms with Gasteiger partial charge in [-0.2, -0.15) is 0 Å². The summed E-state index contributed by atoms with van der Waals surface area (Å²) in [5.74, 6) is 0. The number of nitrogens with zero attached hydrogens (tertiary/aromatic N) is 2. The predicted octanol–water partition coefficient (Wildman–Crippen LogP) is 0.206. The number of rotatable bonds is 0. The molecule has 54 valence electrons. The van der Waals surface area contributed by atoms with Crippen LogP contribution in [0.1, 0.15) is 0 Å². The molecule has 0 atom stereocenters. The number of urea groups is 1. The monoisotopic (exact) mass is 148 g/mol. The molecule has 4 heteroatoms. The van der Waals surface area contributed by atoms with E-state index in [0.717, 1.165) is 0 Å². The van der Waals surface area contributed by atoms with Gasteiger partial charge in [0.05, 0.1) is 14.1 Å². The van der Waals surface area contributed by atoms with Crippen LogP contribution in [0, 0.1) is 0 Å². The van der Waals surface area contributed by atoms with Crippen molar-refractivity contribution in [3.63, 3.8) is 0 Å². The van der Waals surface area contributed by atoms with E-state index in [0.29, 0.717) is 0 Å². The highest BCUT2D eigenvalue weighted by atomic mass is 32.1. The lowest BCUT2D eigenvalue weighted by Gasteiger charge is -2.33. The zero-order chi connectivity index (χ0) is 7.65. The van der Waals surface area contributed by atoms with Crippen molar-refractivity contribution in [1.29, 1.82) is 0 Å². The lowest BCUT2D eigenvalue weighted by molar-refractivity contribution is -0.663. The van der Waals surface area contributed by atoms with Crippen LogP contribution in [0.5, 0.6) is 0 Å². The number of amides is 2. The molecule has 0 aliphatic heterocycles. The predicted molar refractivity (Wildman–Crippen MR) is 38.6 cm³/mol. The van der Waals surface area contributed by atoms with Gasteiger partial charge in [0.1, 0.15) is 0 Å². The molecular weight excluding hydrogens is 136 g/mol. The SMILES string of the molecule is CN(C)C(=O)[N+](C)(C)[S-]. The quantitative estimate of drug-likeness (QED) is 0.361. The third kappa shape index (κ3) is 2.72. The molecule has 2 amide bonds. The fraction of sp³-hybridized carbons (Fsp3) is 0.800. The molecule has 0 unspecified atom stereocenters. The molecule has 9 heavy (non-hydrogen) atoms. The van der Waals surface area contributed by atoms with Gasteiger partial charge >= 0.3 is 6.03 Å². The molecule has 0 aliphatic carbocycles. The molecule has 0 aromatic rings. The highest BCUT2D eigenvalue weighted by Crippen LogP contribution is 1.96. The second kappa shape index (κ2) is 2.58. The van der Waals surface area contributed by atoms with Crippen molar-refractivity contribution >= 4 is 18.8 Å². The molecule has 0 radical (unpaired) electrons. The molecule has 0 aromatic carbocycles. The third-order valence-electron chi connectivity index (χ3n) is 0.843. The first-order chi connectivity index (χ1) is 3.85. The minimum absolute atomic E-state index is 0.0625. The topological polar surface area (TPSA) is 20.3 Å². The van der Waals surface area contributed by atoms with Gasteiger partial charge < -0.3 is 16.7 Å². The van der Waals surface area contributed by atoms with Gasteiger partial charge in [0, 0.05) is 14.1 Å². The van der Waals surface area contributed by atoms with Gasteiger partial charge in [0.2, 0.25) is 0 Å². The Hall–Kier alpha value is -0.220. The van der Waals surface area contributed by atoms with Crippen LogP contribution < -0.4 is 0 Å². The summed E-state index contributed by atoms with van der Waals surface area (Å²) >= 11 is 4.83. The number of carbonyl (C=O) groups is 1. The van der Waals surface area contributed by atoms with Gasteiger partial charge in [0.15, 0.2) is 0 Å².